The van der Waals surface area contributed by atoms with Crippen LogP contribution in [0.5, 0.6) is 11.5 Å². The molecule has 2 aromatic rings. The number of fused-ring (bicyclic) bond motifs is 3. The third-order valence-corrected chi connectivity index (χ3v) is 12.5. The molecular weight excluding hydrogens is 642 g/mol. The normalized spacial score (nSPS) is 18.3. The molecule has 0 aromatic heterocycles. The van der Waals surface area contributed by atoms with Gasteiger partial charge in [-0.05, 0) is 0 Å². The average molecular weight is 689 g/mol. The summed E-state index contributed by atoms with van der Waals surface area (Å²) in [5.41, 5.74) is -1.15. The third-order valence-electron chi connectivity index (χ3n) is 8.06. The maximum absolute atomic E-state index is 14.6. The van der Waals surface area contributed by atoms with Crippen LogP contribution in [0.15, 0.2) is 24.3 Å². The van der Waals surface area contributed by atoms with Crippen molar-refractivity contribution in [2.75, 3.05) is 18.5 Å². The summed E-state index contributed by atoms with van der Waals surface area (Å²) >= 11 is 0. The van der Waals surface area contributed by atoms with Crippen molar-refractivity contribution in [1.29, 1.82) is 0 Å². The molecule has 0 amide bonds. The first-order chi connectivity index (χ1) is 20.0. The second kappa shape index (κ2) is 10.9. The molecule has 0 saturated carbocycles. The summed E-state index contributed by atoms with van der Waals surface area (Å²) in [6, 6.07) is 6.44. The van der Waals surface area contributed by atoms with Crippen LogP contribution in [0, 0.1) is 0 Å². The van der Waals surface area contributed by atoms with Crippen LogP contribution in [-0.2, 0) is 21.7 Å². The van der Waals surface area contributed by atoms with E-state index >= 15 is 0 Å². The van der Waals surface area contributed by atoms with Crippen molar-refractivity contribution in [2.45, 2.75) is 123 Å². The van der Waals surface area contributed by atoms with Crippen LogP contribution in [0.25, 0.3) is 11.1 Å². The van der Waals surface area contributed by atoms with Gasteiger partial charge >= 0.3 is 267 Å². The molecule has 2 nitrogen and oxygen atoms in total. The molecule has 0 radical (unpaired) electrons. The van der Waals surface area contributed by atoms with Gasteiger partial charge in [-0.3, -0.25) is 0 Å². The van der Waals surface area contributed by atoms with E-state index in [1.807, 2.05) is 41.5 Å². The van der Waals surface area contributed by atoms with Gasteiger partial charge in [-0.15, -0.1) is 0 Å². The number of benzene rings is 2. The zero-order valence-electron chi connectivity index (χ0n) is 28.6. The number of halogens is 9. The van der Waals surface area contributed by atoms with Crippen molar-refractivity contribution < 1.29 is 48.6 Å². The monoisotopic (exact) mass is 688 g/mol. The van der Waals surface area contributed by atoms with Crippen LogP contribution in [0.1, 0.15) is 105 Å². The summed E-state index contributed by atoms with van der Waals surface area (Å²) in [5, 5.41) is 0. The fourth-order valence-corrected chi connectivity index (χ4v) is 10.4. The Bertz CT molecular complexity index is 1340. The molecule has 262 valence electrons. The molecule has 0 fully saturated rings. The van der Waals surface area contributed by atoms with E-state index in [4.69, 9.17) is 9.05 Å². The number of hydrogen-bond donors (Lipinski definition) is 0. The first-order valence-corrected chi connectivity index (χ1v) is 17.7. The molecule has 0 unspecified atom stereocenters. The van der Waals surface area contributed by atoms with Crippen LogP contribution >= 0.6 is 7.06 Å². The van der Waals surface area contributed by atoms with Crippen LogP contribution < -0.4 is 9.05 Å². The Morgan fingerprint density at radius 1 is 0.435 bits per heavy atom. The molecule has 0 saturated heterocycles. The molecule has 1 aliphatic rings. The van der Waals surface area contributed by atoms with E-state index in [0.717, 1.165) is 0 Å². The molecule has 0 bridgehead atoms. The van der Waals surface area contributed by atoms with Crippen molar-refractivity contribution in [3.63, 3.8) is 0 Å². The minimum absolute atomic E-state index is 0.0990. The number of hydrogen-bond acceptors (Lipinski definition) is 2. The van der Waals surface area contributed by atoms with Gasteiger partial charge in [-0.2, -0.15) is 0 Å². The van der Waals surface area contributed by atoms with E-state index in [1.165, 1.54) is 0 Å². The van der Waals surface area contributed by atoms with Crippen LogP contribution in [0.4, 0.5) is 39.5 Å². The van der Waals surface area contributed by atoms with Gasteiger partial charge in [0.05, 0.1) is 0 Å². The van der Waals surface area contributed by atoms with E-state index < -0.39 is 77.2 Å². The Kier molecular flexibility index (Phi) is 9.10. The maximum atomic E-state index is 14.6. The molecule has 2 aromatic carbocycles. The molecular formula is C34H46F9O2P. The first-order valence-electron chi connectivity index (χ1n) is 15.0. The van der Waals surface area contributed by atoms with E-state index in [9.17, 15) is 39.5 Å². The number of rotatable bonds is 3. The van der Waals surface area contributed by atoms with Crippen molar-refractivity contribution >= 4 is 7.06 Å². The molecule has 3 rings (SSSR count). The van der Waals surface area contributed by atoms with Crippen LogP contribution in [-0.4, -0.2) is 37.0 Å². The first kappa shape index (κ1) is 38.3. The van der Waals surface area contributed by atoms with Gasteiger partial charge < -0.3 is 0 Å². The summed E-state index contributed by atoms with van der Waals surface area (Å²) < 4.78 is 144. The van der Waals surface area contributed by atoms with Crippen LogP contribution in [0.2, 0.25) is 0 Å². The van der Waals surface area contributed by atoms with Gasteiger partial charge in [-0.25, -0.2) is 0 Å². The van der Waals surface area contributed by atoms with Crippen LogP contribution in [0.3, 0.4) is 0 Å². The molecule has 46 heavy (non-hydrogen) atoms. The Balaban J connectivity index is 2.84. The second-order valence-corrected chi connectivity index (χ2v) is 21.2. The molecule has 0 atom stereocenters. The van der Waals surface area contributed by atoms with Gasteiger partial charge in [0.15, 0.2) is 0 Å². The van der Waals surface area contributed by atoms with Gasteiger partial charge in [0.25, 0.3) is 0 Å². The van der Waals surface area contributed by atoms with Crippen molar-refractivity contribution in [1.82, 2.24) is 0 Å². The SMILES string of the molecule is CC(C)(C)c1cc2c(c(C(C)(C)C)c1)OP(CC(F)(F)F)(CC(F)(F)F)(CC(F)(F)F)Oc1c-2cc(C(C)(C)C)cc1C(C)(C)C. The quantitative estimate of drug-likeness (QED) is 0.236. The van der Waals surface area contributed by atoms with Gasteiger partial charge in [-0.1, -0.05) is 0 Å². The Morgan fingerprint density at radius 2 is 0.696 bits per heavy atom. The molecule has 1 heterocycles. The van der Waals surface area contributed by atoms with E-state index in [0.29, 0.717) is 11.1 Å². The molecule has 0 spiro atoms. The van der Waals surface area contributed by atoms with E-state index in [2.05, 4.69) is 0 Å². The average Bonchev–Trinajstić information content (AvgIpc) is 2.82. The minimum atomic E-state index is -6.95. The summed E-state index contributed by atoms with van der Waals surface area (Å²) in [7, 11) is -6.95. The van der Waals surface area contributed by atoms with Crippen molar-refractivity contribution in [3.05, 3.63) is 46.5 Å². The van der Waals surface area contributed by atoms with Gasteiger partial charge in [0.1, 0.15) is 0 Å². The summed E-state index contributed by atoms with van der Waals surface area (Å²) in [4.78, 5) is 0. The molecule has 0 aliphatic carbocycles. The summed E-state index contributed by atoms with van der Waals surface area (Å²) in [5.74, 6) is -0.888. The fraction of sp³-hybridized carbons (Fsp3) is 0.647. The third kappa shape index (κ3) is 8.46. The van der Waals surface area contributed by atoms with E-state index in [-0.39, 0.29) is 22.3 Å². The second-order valence-electron chi connectivity index (χ2n) is 16.8. The van der Waals surface area contributed by atoms with Gasteiger partial charge in [0.2, 0.25) is 0 Å². The predicted molar refractivity (Wildman–Crippen MR) is 168 cm³/mol. The fourth-order valence-electron chi connectivity index (χ4n) is 5.88. The Morgan fingerprint density at radius 3 is 0.891 bits per heavy atom. The van der Waals surface area contributed by atoms with Crippen molar-refractivity contribution in [2.24, 2.45) is 0 Å². The zero-order valence-corrected chi connectivity index (χ0v) is 29.5. The topological polar surface area (TPSA) is 18.5 Å². The van der Waals surface area contributed by atoms with E-state index in [1.54, 1.807) is 65.8 Å². The van der Waals surface area contributed by atoms with Crippen molar-refractivity contribution in [3.8, 4) is 22.6 Å². The number of alkyl halides is 9. The summed E-state index contributed by atoms with van der Waals surface area (Å²) in [6.45, 7) is 21.4. The standard InChI is InChI=1S/C34H46F9O2P/c1-28(2,3)20-13-22-23-14-21(29(4,5)6)16-25(31(10,11)12)27(23)45-46(17-32(35,36)37,18-33(38,39)40,19-34(41,42)43)44-26(22)24(15-20)30(7,8)9/h13-16H,17-19H2,1-12H3. The Labute approximate surface area is 266 Å². The predicted octanol–water partition coefficient (Wildman–Crippen LogP) is 12.4. The molecule has 0 N–H and O–H groups in total. The van der Waals surface area contributed by atoms with Gasteiger partial charge in [0, 0.05) is 0 Å². The zero-order chi connectivity index (χ0) is 35.9. The Hall–Kier alpha value is -2.16. The summed E-state index contributed by atoms with van der Waals surface area (Å²) in [6.07, 6.45) is -24.2. The molecule has 1 aliphatic heterocycles. The molecule has 12 heteroatoms.